The number of alkyl carbamates (subject to hydrolysis) is 1. The summed E-state index contributed by atoms with van der Waals surface area (Å²) < 4.78 is 6.74. The van der Waals surface area contributed by atoms with Gasteiger partial charge >= 0.3 is 6.09 Å². The Kier molecular flexibility index (Phi) is 2.99. The third-order valence-corrected chi connectivity index (χ3v) is 5.41. The molecule has 1 spiro atoms. The van der Waals surface area contributed by atoms with Gasteiger partial charge in [-0.1, -0.05) is 23.5 Å². The Morgan fingerprint density at radius 1 is 1.29 bits per heavy atom. The number of aromatic nitrogens is 1. The smallest absolute Gasteiger partial charge is 0.407 e. The second-order valence-corrected chi connectivity index (χ2v) is 6.74. The summed E-state index contributed by atoms with van der Waals surface area (Å²) in [6, 6.07) is 8.23. The average Bonchev–Trinajstić information content (AvgIpc) is 3.00. The van der Waals surface area contributed by atoms with Crippen molar-refractivity contribution in [2.45, 2.75) is 24.9 Å². The summed E-state index contributed by atoms with van der Waals surface area (Å²) >= 11 is 1.74. The molecule has 1 atom stereocenters. The van der Waals surface area contributed by atoms with E-state index in [1.807, 2.05) is 12.1 Å². The van der Waals surface area contributed by atoms with Gasteiger partial charge in [-0.05, 0) is 25.0 Å². The van der Waals surface area contributed by atoms with E-state index in [1.165, 1.54) is 4.70 Å². The molecule has 1 N–H and O–H groups in total. The van der Waals surface area contributed by atoms with Gasteiger partial charge in [0.25, 0.3) is 0 Å². The van der Waals surface area contributed by atoms with E-state index >= 15 is 0 Å². The molecule has 1 aromatic carbocycles. The number of rotatable bonds is 1. The lowest BCUT2D eigenvalue weighted by Crippen LogP contribution is -2.34. The molecule has 2 aliphatic rings. The molecule has 0 radical (unpaired) electrons. The molecule has 2 saturated heterocycles. The highest BCUT2D eigenvalue weighted by molar-refractivity contribution is 7.22. The SMILES string of the molecule is O=C1NC[C@@]2(CCCN(c3nc4ccccc4s3)CC2)O1. The zero-order chi connectivity index (χ0) is 14.3. The highest BCUT2D eigenvalue weighted by atomic mass is 32.1. The maximum atomic E-state index is 11.3. The number of carbonyl (C=O) groups is 1. The first-order valence-corrected chi connectivity index (χ1v) is 8.13. The van der Waals surface area contributed by atoms with E-state index < -0.39 is 0 Å². The number of thiazole rings is 1. The van der Waals surface area contributed by atoms with Crippen LogP contribution in [0.25, 0.3) is 10.2 Å². The van der Waals surface area contributed by atoms with E-state index in [2.05, 4.69) is 22.3 Å². The monoisotopic (exact) mass is 303 g/mol. The number of para-hydroxylation sites is 1. The van der Waals surface area contributed by atoms with Gasteiger partial charge < -0.3 is 15.0 Å². The van der Waals surface area contributed by atoms with Crippen molar-refractivity contribution in [1.82, 2.24) is 10.3 Å². The quantitative estimate of drug-likeness (QED) is 0.880. The summed E-state index contributed by atoms with van der Waals surface area (Å²) in [5, 5.41) is 3.87. The van der Waals surface area contributed by atoms with Crippen molar-refractivity contribution in [2.24, 2.45) is 0 Å². The molecule has 1 amide bonds. The van der Waals surface area contributed by atoms with Crippen LogP contribution in [0.15, 0.2) is 24.3 Å². The van der Waals surface area contributed by atoms with Crippen LogP contribution in [0.2, 0.25) is 0 Å². The van der Waals surface area contributed by atoms with Gasteiger partial charge in [-0.2, -0.15) is 0 Å². The van der Waals surface area contributed by atoms with E-state index in [0.717, 1.165) is 43.0 Å². The number of hydrogen-bond acceptors (Lipinski definition) is 5. The van der Waals surface area contributed by atoms with Gasteiger partial charge in [-0.15, -0.1) is 0 Å². The summed E-state index contributed by atoms with van der Waals surface area (Å²) in [4.78, 5) is 18.4. The van der Waals surface area contributed by atoms with Crippen LogP contribution in [0.4, 0.5) is 9.93 Å². The number of nitrogens with one attached hydrogen (secondary N) is 1. The number of hydrogen-bond donors (Lipinski definition) is 1. The maximum absolute atomic E-state index is 11.3. The molecule has 1 aromatic heterocycles. The Bertz CT molecular complexity index is 653. The topological polar surface area (TPSA) is 54.5 Å². The zero-order valence-corrected chi connectivity index (χ0v) is 12.5. The highest BCUT2D eigenvalue weighted by Crippen LogP contribution is 2.34. The Morgan fingerprint density at radius 2 is 2.19 bits per heavy atom. The molecule has 4 rings (SSSR count). The third-order valence-electron chi connectivity index (χ3n) is 4.31. The molecule has 2 fully saturated rings. The van der Waals surface area contributed by atoms with Gasteiger partial charge in [0.05, 0.1) is 16.8 Å². The van der Waals surface area contributed by atoms with Gasteiger partial charge in [0.1, 0.15) is 5.60 Å². The lowest BCUT2D eigenvalue weighted by molar-refractivity contribution is 0.0473. The third kappa shape index (κ3) is 2.33. The minimum Gasteiger partial charge on any atom is -0.441 e. The molecule has 3 heterocycles. The van der Waals surface area contributed by atoms with Crippen molar-refractivity contribution < 1.29 is 9.53 Å². The molecular weight excluding hydrogens is 286 g/mol. The van der Waals surface area contributed by atoms with E-state index in [9.17, 15) is 4.79 Å². The fourth-order valence-corrected chi connectivity index (χ4v) is 4.15. The molecular formula is C15H17N3O2S. The van der Waals surface area contributed by atoms with Crippen LogP contribution >= 0.6 is 11.3 Å². The Balaban J connectivity index is 1.55. The van der Waals surface area contributed by atoms with Gasteiger partial charge in [-0.3, -0.25) is 0 Å². The molecule has 0 unspecified atom stereocenters. The van der Waals surface area contributed by atoms with E-state index in [-0.39, 0.29) is 11.7 Å². The minimum atomic E-state index is -0.303. The van der Waals surface area contributed by atoms with Crippen LogP contribution in [-0.4, -0.2) is 36.3 Å². The van der Waals surface area contributed by atoms with Crippen molar-refractivity contribution in [3.8, 4) is 0 Å². The molecule has 6 heteroatoms. The normalized spacial score (nSPS) is 25.9. The predicted molar refractivity (Wildman–Crippen MR) is 82.9 cm³/mol. The van der Waals surface area contributed by atoms with Crippen molar-refractivity contribution in [3.63, 3.8) is 0 Å². The predicted octanol–water partition coefficient (Wildman–Crippen LogP) is 2.77. The number of ether oxygens (including phenoxy) is 1. The Morgan fingerprint density at radius 3 is 3.00 bits per heavy atom. The Labute approximate surface area is 126 Å². The molecule has 2 aromatic rings. The van der Waals surface area contributed by atoms with Gasteiger partial charge in [0.15, 0.2) is 5.13 Å². The van der Waals surface area contributed by atoms with Crippen LogP contribution < -0.4 is 10.2 Å². The standard InChI is InChI=1S/C15H17N3O2S/c19-14-16-10-15(20-14)6-3-8-18(9-7-15)13-17-11-4-1-2-5-12(11)21-13/h1-2,4-5H,3,6-10H2,(H,16,19)/t15-/m0/s1. The van der Waals surface area contributed by atoms with Crippen LogP contribution in [0.3, 0.4) is 0 Å². The van der Waals surface area contributed by atoms with Crippen molar-refractivity contribution >= 4 is 32.8 Å². The average molecular weight is 303 g/mol. The van der Waals surface area contributed by atoms with Crippen molar-refractivity contribution in [1.29, 1.82) is 0 Å². The summed E-state index contributed by atoms with van der Waals surface area (Å²) in [6.45, 7) is 2.49. The lowest BCUT2D eigenvalue weighted by Gasteiger charge is -2.24. The number of nitrogens with zero attached hydrogens (tertiary/aromatic N) is 2. The summed E-state index contributed by atoms with van der Waals surface area (Å²) in [6.07, 6.45) is 2.53. The molecule has 0 aliphatic carbocycles. The van der Waals surface area contributed by atoms with Gasteiger partial charge in [-0.25, -0.2) is 9.78 Å². The van der Waals surface area contributed by atoms with E-state index in [4.69, 9.17) is 9.72 Å². The Hall–Kier alpha value is -1.82. The van der Waals surface area contributed by atoms with Crippen molar-refractivity contribution in [3.05, 3.63) is 24.3 Å². The molecule has 0 saturated carbocycles. The first-order chi connectivity index (χ1) is 10.2. The van der Waals surface area contributed by atoms with Crippen LogP contribution in [0, 0.1) is 0 Å². The van der Waals surface area contributed by atoms with Crippen LogP contribution in [-0.2, 0) is 4.74 Å². The highest BCUT2D eigenvalue weighted by Gasteiger charge is 2.41. The first-order valence-electron chi connectivity index (χ1n) is 7.32. The van der Waals surface area contributed by atoms with Gasteiger partial charge in [0.2, 0.25) is 0 Å². The summed E-state index contributed by atoms with van der Waals surface area (Å²) in [5.41, 5.74) is 0.758. The van der Waals surface area contributed by atoms with E-state index in [1.54, 1.807) is 11.3 Å². The maximum Gasteiger partial charge on any atom is 0.407 e. The second kappa shape index (κ2) is 4.87. The van der Waals surface area contributed by atoms with Crippen LogP contribution in [0.1, 0.15) is 19.3 Å². The number of amides is 1. The molecule has 2 aliphatic heterocycles. The molecule has 21 heavy (non-hydrogen) atoms. The largest absolute Gasteiger partial charge is 0.441 e. The fourth-order valence-electron chi connectivity index (χ4n) is 3.14. The zero-order valence-electron chi connectivity index (χ0n) is 11.7. The van der Waals surface area contributed by atoms with E-state index in [0.29, 0.717) is 6.54 Å². The first kappa shape index (κ1) is 12.9. The van der Waals surface area contributed by atoms with Crippen molar-refractivity contribution in [2.75, 3.05) is 24.5 Å². The number of benzene rings is 1. The van der Waals surface area contributed by atoms with Crippen LogP contribution in [0.5, 0.6) is 0 Å². The summed E-state index contributed by atoms with van der Waals surface area (Å²) in [5.74, 6) is 0. The fraction of sp³-hybridized carbons (Fsp3) is 0.467. The number of fused-ring (bicyclic) bond motifs is 1. The molecule has 110 valence electrons. The summed E-state index contributed by atoms with van der Waals surface area (Å²) in [7, 11) is 0. The van der Waals surface area contributed by atoms with Gasteiger partial charge in [0, 0.05) is 19.5 Å². The lowest BCUT2D eigenvalue weighted by atomic mass is 9.95. The molecule has 0 bridgehead atoms. The molecule has 5 nitrogen and oxygen atoms in total. The number of carbonyl (C=O) groups excluding carboxylic acids is 1. The second-order valence-electron chi connectivity index (χ2n) is 5.73. The number of anilines is 1. The minimum absolute atomic E-state index is 0.275.